The molecular weight excluding hydrogens is 314 g/mol. The van der Waals surface area contributed by atoms with Gasteiger partial charge < -0.3 is 16.4 Å². The molecule has 2 heterocycles. The molecule has 2 aromatic heterocycles. The van der Waals surface area contributed by atoms with Crippen molar-refractivity contribution in [2.75, 3.05) is 25.6 Å². The second-order valence-corrected chi connectivity index (χ2v) is 4.96. The summed E-state index contributed by atoms with van der Waals surface area (Å²) in [6.45, 7) is 4.96. The predicted molar refractivity (Wildman–Crippen MR) is 92.4 cm³/mol. The number of aromatic nitrogens is 4. The third-order valence-electron chi connectivity index (χ3n) is 2.41. The monoisotopic (exact) mass is 337 g/mol. The number of amides is 1. The van der Waals surface area contributed by atoms with Crippen LogP contribution >= 0.6 is 0 Å². The Morgan fingerprint density at radius 1 is 0.958 bits per heavy atom. The first-order valence-electron chi connectivity index (χ1n) is 6.86. The van der Waals surface area contributed by atoms with Crippen LogP contribution < -0.4 is 22.6 Å². The maximum Gasteiger partial charge on any atom is 0.252 e. The van der Waals surface area contributed by atoms with Crippen molar-refractivity contribution in [3.63, 3.8) is 0 Å². The second kappa shape index (κ2) is 9.77. The Morgan fingerprint density at radius 3 is 1.42 bits per heavy atom. The van der Waals surface area contributed by atoms with Gasteiger partial charge >= 0.3 is 0 Å². The van der Waals surface area contributed by atoms with Crippen LogP contribution in [0.1, 0.15) is 18.3 Å². The lowest BCUT2D eigenvalue weighted by atomic mass is 10.5. The Morgan fingerprint density at radius 2 is 1.25 bits per heavy atom. The van der Waals surface area contributed by atoms with Crippen LogP contribution in [0.4, 0.5) is 11.9 Å². The highest BCUT2D eigenvalue weighted by Crippen LogP contribution is 1.87. The Hall–Kier alpha value is -3.17. The molecule has 0 saturated heterocycles. The van der Waals surface area contributed by atoms with E-state index >= 15 is 0 Å². The molecular formula is C14H23N7O3. The van der Waals surface area contributed by atoms with Crippen LogP contribution in [0.15, 0.2) is 21.7 Å². The number of rotatable bonds is 0. The van der Waals surface area contributed by atoms with Crippen molar-refractivity contribution in [3.05, 3.63) is 44.2 Å². The van der Waals surface area contributed by atoms with Crippen molar-refractivity contribution < 1.29 is 4.79 Å². The molecule has 0 aliphatic heterocycles. The smallest absolute Gasteiger partial charge is 0.252 e. The minimum absolute atomic E-state index is 0.0926. The average molecular weight is 337 g/mol. The van der Waals surface area contributed by atoms with Gasteiger partial charge in [0.15, 0.2) is 0 Å². The lowest BCUT2D eigenvalue weighted by molar-refractivity contribution is -0.126. The van der Waals surface area contributed by atoms with Crippen LogP contribution in [-0.2, 0) is 4.79 Å². The summed E-state index contributed by atoms with van der Waals surface area (Å²) in [5.41, 5.74) is 11.2. The molecule has 0 aromatic carbocycles. The van der Waals surface area contributed by atoms with Crippen LogP contribution in [-0.4, -0.2) is 44.8 Å². The van der Waals surface area contributed by atoms with Crippen LogP contribution in [0.2, 0.25) is 0 Å². The molecule has 0 atom stereocenters. The highest BCUT2D eigenvalue weighted by molar-refractivity contribution is 5.72. The van der Waals surface area contributed by atoms with Gasteiger partial charge in [-0.1, -0.05) is 0 Å². The molecule has 2 rings (SSSR count). The summed E-state index contributed by atoms with van der Waals surface area (Å²) >= 11 is 0. The quantitative estimate of drug-likeness (QED) is 0.499. The number of aryl methyl sites for hydroxylation is 2. The number of nitrogens with one attached hydrogen (secondary N) is 2. The van der Waals surface area contributed by atoms with E-state index in [2.05, 4.69) is 19.9 Å². The zero-order chi connectivity index (χ0) is 18.9. The van der Waals surface area contributed by atoms with Gasteiger partial charge in [-0.2, -0.15) is 0 Å². The molecule has 10 heteroatoms. The van der Waals surface area contributed by atoms with Crippen molar-refractivity contribution >= 4 is 17.8 Å². The SMILES string of the molecule is CC(=O)N(C)C.Cc1cc(=O)[nH]c(N)n1.Cc1cc(=O)[nH]c(N)n1. The number of aromatic amines is 2. The third-order valence-corrected chi connectivity index (χ3v) is 2.41. The fourth-order valence-corrected chi connectivity index (χ4v) is 1.20. The van der Waals surface area contributed by atoms with Gasteiger partial charge in [-0.05, 0) is 13.8 Å². The van der Waals surface area contributed by atoms with Crippen molar-refractivity contribution in [1.82, 2.24) is 24.8 Å². The van der Waals surface area contributed by atoms with Gasteiger partial charge in [-0.3, -0.25) is 24.4 Å². The molecule has 0 spiro atoms. The first-order chi connectivity index (χ1) is 11.0. The van der Waals surface area contributed by atoms with E-state index in [9.17, 15) is 14.4 Å². The van der Waals surface area contributed by atoms with Crippen molar-refractivity contribution in [3.8, 4) is 0 Å². The standard InChI is InChI=1S/2C5H7N3O.C4H9NO/c2*1-3-2-4(9)8-5(6)7-3;1-4(6)5(2)3/h2*2H,1H3,(H3,6,7,8,9);1-3H3. The molecule has 1 amide bonds. The van der Waals surface area contributed by atoms with Crippen molar-refractivity contribution in [2.24, 2.45) is 0 Å². The zero-order valence-electron chi connectivity index (χ0n) is 14.4. The summed E-state index contributed by atoms with van der Waals surface area (Å²) in [6, 6.07) is 2.77. The van der Waals surface area contributed by atoms with E-state index in [4.69, 9.17) is 11.5 Å². The number of carbonyl (C=O) groups is 1. The molecule has 10 nitrogen and oxygen atoms in total. The van der Waals surface area contributed by atoms with E-state index < -0.39 is 0 Å². The molecule has 0 aliphatic rings. The Labute approximate surface area is 138 Å². The number of nitrogens with two attached hydrogens (primary N) is 2. The van der Waals surface area contributed by atoms with E-state index in [-0.39, 0.29) is 28.9 Å². The Bertz CT molecular complexity index is 676. The molecule has 0 bridgehead atoms. The van der Waals surface area contributed by atoms with E-state index in [0.717, 1.165) is 0 Å². The lowest BCUT2D eigenvalue weighted by Gasteiger charge is -2.02. The van der Waals surface area contributed by atoms with Gasteiger partial charge in [0.25, 0.3) is 11.1 Å². The summed E-state index contributed by atoms with van der Waals surface area (Å²) in [6.07, 6.45) is 0. The Kier molecular flexibility index (Phi) is 8.48. The summed E-state index contributed by atoms with van der Waals surface area (Å²) in [4.78, 5) is 44.8. The number of nitrogen functional groups attached to an aromatic ring is 2. The molecule has 0 fully saturated rings. The number of carbonyl (C=O) groups excluding carboxylic acids is 1. The maximum atomic E-state index is 10.5. The van der Waals surface area contributed by atoms with Crippen LogP contribution in [0.5, 0.6) is 0 Å². The van der Waals surface area contributed by atoms with E-state index in [1.165, 1.54) is 24.0 Å². The lowest BCUT2D eigenvalue weighted by Crippen LogP contribution is -2.17. The Balaban J connectivity index is 0.000000340. The number of hydrogen-bond acceptors (Lipinski definition) is 7. The summed E-state index contributed by atoms with van der Waals surface area (Å²) in [7, 11) is 3.45. The molecule has 0 saturated carbocycles. The van der Waals surface area contributed by atoms with Gasteiger partial charge in [0.05, 0.1) is 0 Å². The largest absolute Gasteiger partial charge is 0.369 e. The van der Waals surface area contributed by atoms with E-state index in [0.29, 0.717) is 11.4 Å². The molecule has 24 heavy (non-hydrogen) atoms. The molecule has 0 radical (unpaired) electrons. The van der Waals surface area contributed by atoms with Crippen LogP contribution in [0, 0.1) is 13.8 Å². The first-order valence-corrected chi connectivity index (χ1v) is 6.86. The number of hydrogen-bond donors (Lipinski definition) is 4. The fourth-order valence-electron chi connectivity index (χ4n) is 1.20. The predicted octanol–water partition coefficient (Wildman–Crippen LogP) is -0.584. The summed E-state index contributed by atoms with van der Waals surface area (Å²) in [5.74, 6) is 0.426. The second-order valence-electron chi connectivity index (χ2n) is 4.96. The van der Waals surface area contributed by atoms with Gasteiger partial charge in [-0.15, -0.1) is 0 Å². The molecule has 0 unspecified atom stereocenters. The maximum absolute atomic E-state index is 10.5. The fraction of sp³-hybridized carbons (Fsp3) is 0.357. The van der Waals surface area contributed by atoms with Crippen molar-refractivity contribution in [1.29, 1.82) is 0 Å². The molecule has 6 N–H and O–H groups in total. The zero-order valence-corrected chi connectivity index (χ0v) is 14.4. The summed E-state index contributed by atoms with van der Waals surface area (Å²) < 4.78 is 0. The highest BCUT2D eigenvalue weighted by Gasteiger charge is 1.90. The van der Waals surface area contributed by atoms with Crippen LogP contribution in [0.3, 0.4) is 0 Å². The molecule has 0 aliphatic carbocycles. The normalized spacial score (nSPS) is 9.04. The number of H-pyrrole nitrogens is 2. The number of nitrogens with zero attached hydrogens (tertiary/aromatic N) is 3. The average Bonchev–Trinajstić information content (AvgIpc) is 2.36. The molecule has 132 valence electrons. The van der Waals surface area contributed by atoms with E-state index in [1.54, 1.807) is 27.9 Å². The number of anilines is 2. The first kappa shape index (κ1) is 20.8. The van der Waals surface area contributed by atoms with Gasteiger partial charge in [-0.25, -0.2) is 9.97 Å². The topological polar surface area (TPSA) is 164 Å². The van der Waals surface area contributed by atoms with Gasteiger partial charge in [0, 0.05) is 44.5 Å². The van der Waals surface area contributed by atoms with Gasteiger partial charge in [0.1, 0.15) is 0 Å². The minimum atomic E-state index is -0.208. The third kappa shape index (κ3) is 9.71. The van der Waals surface area contributed by atoms with Crippen molar-refractivity contribution in [2.45, 2.75) is 20.8 Å². The minimum Gasteiger partial charge on any atom is -0.369 e. The highest BCUT2D eigenvalue weighted by atomic mass is 16.2. The summed E-state index contributed by atoms with van der Waals surface area (Å²) in [5, 5.41) is 0. The molecule has 2 aromatic rings. The van der Waals surface area contributed by atoms with E-state index in [1.807, 2.05) is 0 Å². The van der Waals surface area contributed by atoms with Gasteiger partial charge in [0.2, 0.25) is 17.8 Å². The van der Waals surface area contributed by atoms with Crippen LogP contribution in [0.25, 0.3) is 0 Å².